The fourth-order valence-corrected chi connectivity index (χ4v) is 3.61. The van der Waals surface area contributed by atoms with Gasteiger partial charge in [0.15, 0.2) is 0 Å². The SMILES string of the molecule is Cc1cc(B2OC(C)(C)C(C)(C)O2)ccc1C(=O)N1CCCCC1C. The predicted molar refractivity (Wildman–Crippen MR) is 101 cm³/mol. The van der Waals surface area contributed by atoms with Crippen molar-refractivity contribution in [3.8, 4) is 0 Å². The van der Waals surface area contributed by atoms with Crippen molar-refractivity contribution in [1.29, 1.82) is 0 Å². The summed E-state index contributed by atoms with van der Waals surface area (Å²) in [5.41, 5.74) is 2.02. The Balaban J connectivity index is 1.81. The summed E-state index contributed by atoms with van der Waals surface area (Å²) in [5, 5.41) is 0. The Kier molecular flexibility index (Phi) is 4.76. The minimum Gasteiger partial charge on any atom is -0.399 e. The number of hydrogen-bond donors (Lipinski definition) is 0. The molecule has 2 saturated heterocycles. The zero-order chi connectivity index (χ0) is 18.4. The van der Waals surface area contributed by atoms with Crippen molar-refractivity contribution in [3.05, 3.63) is 29.3 Å². The molecule has 0 saturated carbocycles. The van der Waals surface area contributed by atoms with E-state index >= 15 is 0 Å². The third-order valence-electron chi connectivity index (χ3n) is 6.07. The molecular formula is C20H30BNO3. The highest BCUT2D eigenvalue weighted by molar-refractivity contribution is 6.62. The van der Waals surface area contributed by atoms with Gasteiger partial charge in [-0.1, -0.05) is 12.1 Å². The van der Waals surface area contributed by atoms with E-state index in [1.54, 1.807) is 0 Å². The van der Waals surface area contributed by atoms with Gasteiger partial charge in [-0.15, -0.1) is 0 Å². The number of carbonyl (C=O) groups excluding carboxylic acids is 1. The van der Waals surface area contributed by atoms with Crippen molar-refractivity contribution < 1.29 is 14.1 Å². The minimum absolute atomic E-state index is 0.144. The Hall–Kier alpha value is -1.33. The summed E-state index contributed by atoms with van der Waals surface area (Å²) in [6.07, 6.45) is 3.41. The molecule has 2 fully saturated rings. The fraction of sp³-hybridized carbons (Fsp3) is 0.650. The quantitative estimate of drug-likeness (QED) is 0.774. The van der Waals surface area contributed by atoms with Gasteiger partial charge in [0, 0.05) is 18.2 Å². The van der Waals surface area contributed by atoms with Crippen LogP contribution in [-0.2, 0) is 9.31 Å². The summed E-state index contributed by atoms with van der Waals surface area (Å²) < 4.78 is 12.2. The molecule has 4 nitrogen and oxygen atoms in total. The lowest BCUT2D eigenvalue weighted by molar-refractivity contribution is 0.00578. The van der Waals surface area contributed by atoms with Crippen LogP contribution in [0.25, 0.3) is 0 Å². The summed E-state index contributed by atoms with van der Waals surface area (Å²) in [6, 6.07) is 6.25. The van der Waals surface area contributed by atoms with Gasteiger partial charge in [0.2, 0.25) is 0 Å². The average molecular weight is 343 g/mol. The first-order valence-corrected chi connectivity index (χ1v) is 9.39. The maximum Gasteiger partial charge on any atom is 0.494 e. The molecule has 2 aliphatic heterocycles. The third-order valence-corrected chi connectivity index (χ3v) is 6.07. The molecule has 3 rings (SSSR count). The smallest absolute Gasteiger partial charge is 0.399 e. The molecule has 0 spiro atoms. The van der Waals surface area contributed by atoms with Crippen LogP contribution in [0.1, 0.15) is 69.8 Å². The van der Waals surface area contributed by atoms with Crippen molar-refractivity contribution in [2.24, 2.45) is 0 Å². The van der Waals surface area contributed by atoms with Crippen LogP contribution in [-0.4, -0.2) is 41.7 Å². The fourth-order valence-electron chi connectivity index (χ4n) is 3.61. The van der Waals surface area contributed by atoms with E-state index < -0.39 is 0 Å². The summed E-state index contributed by atoms with van der Waals surface area (Å²) in [5.74, 6) is 0.144. The maximum absolute atomic E-state index is 12.9. The lowest BCUT2D eigenvalue weighted by Gasteiger charge is -2.33. The lowest BCUT2D eigenvalue weighted by atomic mass is 9.77. The van der Waals surface area contributed by atoms with Crippen LogP contribution >= 0.6 is 0 Å². The highest BCUT2D eigenvalue weighted by Crippen LogP contribution is 2.36. The highest BCUT2D eigenvalue weighted by Gasteiger charge is 2.51. The van der Waals surface area contributed by atoms with Gasteiger partial charge in [0.1, 0.15) is 0 Å². The minimum atomic E-state index is -0.387. The standard InChI is InChI=1S/C20H30BNO3/c1-14-13-16(21-24-19(3,4)20(5,6)25-21)10-11-17(14)18(23)22-12-8-7-9-15(22)2/h10-11,13,15H,7-9,12H2,1-6H3. The number of amides is 1. The van der Waals surface area contributed by atoms with E-state index in [2.05, 4.69) is 34.6 Å². The van der Waals surface area contributed by atoms with E-state index in [0.29, 0.717) is 6.04 Å². The first kappa shape index (κ1) is 18.5. The molecule has 0 radical (unpaired) electrons. The Bertz CT molecular complexity index is 655. The van der Waals surface area contributed by atoms with Gasteiger partial charge in [0.05, 0.1) is 11.2 Å². The Morgan fingerprint density at radius 1 is 1.16 bits per heavy atom. The van der Waals surface area contributed by atoms with Crippen molar-refractivity contribution in [1.82, 2.24) is 4.90 Å². The topological polar surface area (TPSA) is 38.8 Å². The van der Waals surface area contributed by atoms with Crippen LogP contribution < -0.4 is 5.46 Å². The van der Waals surface area contributed by atoms with Crippen LogP contribution in [0, 0.1) is 6.92 Å². The van der Waals surface area contributed by atoms with Gasteiger partial charge in [-0.3, -0.25) is 4.79 Å². The van der Waals surface area contributed by atoms with E-state index in [0.717, 1.165) is 36.0 Å². The molecule has 136 valence electrons. The lowest BCUT2D eigenvalue weighted by Crippen LogP contribution is -2.42. The van der Waals surface area contributed by atoms with Crippen LogP contribution in [0.5, 0.6) is 0 Å². The number of aryl methyl sites for hydroxylation is 1. The Labute approximate surface area is 152 Å². The number of carbonyl (C=O) groups is 1. The van der Waals surface area contributed by atoms with Crippen molar-refractivity contribution in [3.63, 3.8) is 0 Å². The van der Waals surface area contributed by atoms with Gasteiger partial charge >= 0.3 is 7.12 Å². The second-order valence-corrected chi connectivity index (χ2v) is 8.51. The van der Waals surface area contributed by atoms with E-state index in [-0.39, 0.29) is 24.2 Å². The largest absolute Gasteiger partial charge is 0.494 e. The Morgan fingerprint density at radius 3 is 2.36 bits per heavy atom. The maximum atomic E-state index is 12.9. The summed E-state index contributed by atoms with van der Waals surface area (Å²) in [6.45, 7) is 13.2. The Morgan fingerprint density at radius 2 is 1.80 bits per heavy atom. The molecule has 2 heterocycles. The van der Waals surface area contributed by atoms with E-state index in [9.17, 15) is 4.79 Å². The van der Waals surface area contributed by atoms with Crippen molar-refractivity contribution in [2.45, 2.75) is 78.0 Å². The number of likely N-dealkylation sites (tertiary alicyclic amines) is 1. The normalized spacial score (nSPS) is 25.3. The molecule has 1 aromatic rings. The predicted octanol–water partition coefficient (Wildman–Crippen LogP) is 3.31. The third kappa shape index (κ3) is 3.36. The van der Waals surface area contributed by atoms with Crippen molar-refractivity contribution in [2.75, 3.05) is 6.54 Å². The molecule has 1 aromatic carbocycles. The molecule has 1 amide bonds. The number of benzene rings is 1. The summed E-state index contributed by atoms with van der Waals surface area (Å²) >= 11 is 0. The molecule has 1 unspecified atom stereocenters. The van der Waals surface area contributed by atoms with E-state index in [4.69, 9.17) is 9.31 Å². The van der Waals surface area contributed by atoms with Crippen molar-refractivity contribution >= 4 is 18.5 Å². The molecule has 25 heavy (non-hydrogen) atoms. The van der Waals surface area contributed by atoms with Crippen LogP contribution in [0.3, 0.4) is 0 Å². The van der Waals surface area contributed by atoms with Gasteiger partial charge < -0.3 is 14.2 Å². The zero-order valence-corrected chi connectivity index (χ0v) is 16.4. The number of hydrogen-bond acceptors (Lipinski definition) is 3. The molecular weight excluding hydrogens is 313 g/mol. The first-order chi connectivity index (χ1) is 11.6. The van der Waals surface area contributed by atoms with Gasteiger partial charge in [-0.05, 0) is 77.9 Å². The molecule has 1 atom stereocenters. The number of piperidine rings is 1. The molecule has 0 bridgehead atoms. The summed E-state index contributed by atoms with van der Waals surface area (Å²) in [7, 11) is -0.387. The molecule has 0 N–H and O–H groups in total. The second kappa shape index (κ2) is 6.44. The summed E-state index contributed by atoms with van der Waals surface area (Å²) in [4.78, 5) is 14.9. The van der Waals surface area contributed by atoms with E-state index in [1.165, 1.54) is 6.42 Å². The van der Waals surface area contributed by atoms with Gasteiger partial charge in [-0.25, -0.2) is 0 Å². The van der Waals surface area contributed by atoms with Gasteiger partial charge in [-0.2, -0.15) is 0 Å². The second-order valence-electron chi connectivity index (χ2n) is 8.51. The first-order valence-electron chi connectivity index (χ1n) is 9.39. The van der Waals surface area contributed by atoms with Crippen LogP contribution in [0.4, 0.5) is 0 Å². The van der Waals surface area contributed by atoms with E-state index in [1.807, 2.05) is 30.0 Å². The molecule has 5 heteroatoms. The monoisotopic (exact) mass is 343 g/mol. The molecule has 0 aromatic heterocycles. The molecule has 2 aliphatic rings. The number of nitrogens with zero attached hydrogens (tertiary/aromatic N) is 1. The highest BCUT2D eigenvalue weighted by atomic mass is 16.7. The number of rotatable bonds is 2. The zero-order valence-electron chi connectivity index (χ0n) is 16.4. The van der Waals surface area contributed by atoms with Gasteiger partial charge in [0.25, 0.3) is 5.91 Å². The van der Waals surface area contributed by atoms with Crippen LogP contribution in [0.15, 0.2) is 18.2 Å². The average Bonchev–Trinajstić information content (AvgIpc) is 2.75. The van der Waals surface area contributed by atoms with Crippen LogP contribution in [0.2, 0.25) is 0 Å². The molecule has 0 aliphatic carbocycles.